The predicted molar refractivity (Wildman–Crippen MR) is 71.5 cm³/mol. The number of benzene rings is 1. The Hall–Kier alpha value is -2.56. The standard InChI is InChI=1S/C14H13NO4/c1-18-12-7-9-5-6-15-11(3-4-14(16)17)10(9)8-13(12)19-2/h3-8H,1-2H3,(H,16,17)/b4-3+. The van der Waals surface area contributed by atoms with Crippen molar-refractivity contribution >= 4 is 22.8 Å². The van der Waals surface area contributed by atoms with Crippen molar-refractivity contribution in [2.24, 2.45) is 0 Å². The van der Waals surface area contributed by atoms with Crippen LogP contribution in [0.1, 0.15) is 5.69 Å². The third kappa shape index (κ3) is 2.65. The molecule has 0 aliphatic heterocycles. The summed E-state index contributed by atoms with van der Waals surface area (Å²) in [5.41, 5.74) is 0.570. The van der Waals surface area contributed by atoms with Gasteiger partial charge in [0.1, 0.15) is 0 Å². The Labute approximate surface area is 110 Å². The Morgan fingerprint density at radius 2 is 1.95 bits per heavy atom. The molecule has 0 bridgehead atoms. The number of rotatable bonds is 4. The first-order chi connectivity index (χ1) is 9.15. The molecule has 1 N–H and O–H groups in total. The van der Waals surface area contributed by atoms with Gasteiger partial charge >= 0.3 is 5.97 Å². The molecule has 0 atom stereocenters. The van der Waals surface area contributed by atoms with E-state index >= 15 is 0 Å². The zero-order valence-electron chi connectivity index (χ0n) is 10.6. The van der Waals surface area contributed by atoms with Gasteiger partial charge in [-0.1, -0.05) is 0 Å². The first-order valence-corrected chi connectivity index (χ1v) is 5.57. The normalized spacial score (nSPS) is 10.8. The fourth-order valence-corrected chi connectivity index (χ4v) is 1.80. The van der Waals surface area contributed by atoms with E-state index in [1.165, 1.54) is 6.08 Å². The lowest BCUT2D eigenvalue weighted by Gasteiger charge is -2.10. The molecule has 1 heterocycles. The van der Waals surface area contributed by atoms with Crippen LogP contribution in [0, 0.1) is 0 Å². The van der Waals surface area contributed by atoms with Gasteiger partial charge in [0.05, 0.1) is 19.9 Å². The van der Waals surface area contributed by atoms with Crippen LogP contribution < -0.4 is 9.47 Å². The minimum atomic E-state index is -1.01. The monoisotopic (exact) mass is 259 g/mol. The van der Waals surface area contributed by atoms with Crippen molar-refractivity contribution in [2.45, 2.75) is 0 Å². The van der Waals surface area contributed by atoms with Crippen LogP contribution >= 0.6 is 0 Å². The molecule has 1 aromatic carbocycles. The second-order valence-corrected chi connectivity index (χ2v) is 3.80. The number of carbonyl (C=O) groups is 1. The first-order valence-electron chi connectivity index (χ1n) is 5.57. The number of nitrogens with zero attached hydrogens (tertiary/aromatic N) is 1. The zero-order chi connectivity index (χ0) is 13.8. The highest BCUT2D eigenvalue weighted by atomic mass is 16.5. The molecule has 0 aliphatic carbocycles. The van der Waals surface area contributed by atoms with Gasteiger partial charge in [-0.3, -0.25) is 4.98 Å². The van der Waals surface area contributed by atoms with Gasteiger partial charge in [-0.15, -0.1) is 0 Å². The van der Waals surface area contributed by atoms with E-state index in [2.05, 4.69) is 4.98 Å². The molecule has 0 radical (unpaired) electrons. The maximum Gasteiger partial charge on any atom is 0.328 e. The summed E-state index contributed by atoms with van der Waals surface area (Å²) in [6.45, 7) is 0. The highest BCUT2D eigenvalue weighted by molar-refractivity contribution is 5.94. The number of carboxylic acid groups (broad SMARTS) is 1. The van der Waals surface area contributed by atoms with Gasteiger partial charge in [0.15, 0.2) is 11.5 Å². The number of aliphatic carboxylic acids is 1. The van der Waals surface area contributed by atoms with Gasteiger partial charge in [-0.05, 0) is 29.7 Å². The lowest BCUT2D eigenvalue weighted by atomic mass is 10.1. The number of fused-ring (bicyclic) bond motifs is 1. The SMILES string of the molecule is COc1cc2ccnc(/C=C/C(=O)O)c2cc1OC. The molecule has 0 amide bonds. The highest BCUT2D eigenvalue weighted by Crippen LogP contribution is 2.33. The second kappa shape index (κ2) is 5.39. The van der Waals surface area contributed by atoms with Crippen LogP contribution in [0.25, 0.3) is 16.8 Å². The Balaban J connectivity index is 2.63. The molecule has 0 saturated heterocycles. The predicted octanol–water partition coefficient (Wildman–Crippen LogP) is 2.35. The van der Waals surface area contributed by atoms with Crippen molar-refractivity contribution < 1.29 is 19.4 Å². The molecule has 0 saturated carbocycles. The minimum Gasteiger partial charge on any atom is -0.493 e. The molecule has 1 aromatic heterocycles. The van der Waals surface area contributed by atoms with E-state index in [1.807, 2.05) is 12.1 Å². The molecule has 2 rings (SSSR count). The van der Waals surface area contributed by atoms with E-state index in [0.717, 1.165) is 16.8 Å². The number of hydrogen-bond donors (Lipinski definition) is 1. The number of hydrogen-bond acceptors (Lipinski definition) is 4. The number of ether oxygens (including phenoxy) is 2. The average molecular weight is 259 g/mol. The fraction of sp³-hybridized carbons (Fsp3) is 0.143. The summed E-state index contributed by atoms with van der Waals surface area (Å²) in [5.74, 6) is 0.182. The largest absolute Gasteiger partial charge is 0.493 e. The molecular formula is C14H13NO4. The summed E-state index contributed by atoms with van der Waals surface area (Å²) in [6.07, 6.45) is 4.13. The van der Waals surface area contributed by atoms with Crippen molar-refractivity contribution in [2.75, 3.05) is 14.2 Å². The molecule has 5 heteroatoms. The number of aromatic nitrogens is 1. The van der Waals surface area contributed by atoms with Gasteiger partial charge < -0.3 is 14.6 Å². The van der Waals surface area contributed by atoms with Crippen LogP contribution in [-0.2, 0) is 4.79 Å². The van der Waals surface area contributed by atoms with Crippen molar-refractivity contribution in [3.8, 4) is 11.5 Å². The highest BCUT2D eigenvalue weighted by Gasteiger charge is 2.08. The quantitative estimate of drug-likeness (QED) is 0.853. The third-order valence-electron chi connectivity index (χ3n) is 2.68. The Kier molecular flexibility index (Phi) is 3.66. The van der Waals surface area contributed by atoms with Crippen molar-refractivity contribution in [1.82, 2.24) is 4.98 Å². The smallest absolute Gasteiger partial charge is 0.328 e. The topological polar surface area (TPSA) is 68.7 Å². The summed E-state index contributed by atoms with van der Waals surface area (Å²) in [7, 11) is 3.11. The van der Waals surface area contributed by atoms with Crippen molar-refractivity contribution in [1.29, 1.82) is 0 Å². The minimum absolute atomic E-state index is 0.570. The molecule has 0 spiro atoms. The van der Waals surface area contributed by atoms with Crippen molar-refractivity contribution in [3.05, 3.63) is 36.2 Å². The first kappa shape index (κ1) is 12.9. The van der Waals surface area contributed by atoms with E-state index in [-0.39, 0.29) is 0 Å². The fourth-order valence-electron chi connectivity index (χ4n) is 1.80. The van der Waals surface area contributed by atoms with Crippen LogP contribution in [0.2, 0.25) is 0 Å². The lowest BCUT2D eigenvalue weighted by molar-refractivity contribution is -0.131. The van der Waals surface area contributed by atoms with Gasteiger partial charge in [0.2, 0.25) is 0 Å². The summed E-state index contributed by atoms with van der Waals surface area (Å²) >= 11 is 0. The van der Waals surface area contributed by atoms with Crippen LogP contribution in [0.15, 0.2) is 30.5 Å². The lowest BCUT2D eigenvalue weighted by Crippen LogP contribution is -1.93. The second-order valence-electron chi connectivity index (χ2n) is 3.80. The molecule has 0 fully saturated rings. The van der Waals surface area contributed by atoms with E-state index < -0.39 is 5.97 Å². The molecule has 98 valence electrons. The van der Waals surface area contributed by atoms with Crippen LogP contribution in [0.5, 0.6) is 11.5 Å². The maximum atomic E-state index is 10.6. The van der Waals surface area contributed by atoms with E-state index in [0.29, 0.717) is 17.2 Å². The molecule has 5 nitrogen and oxygen atoms in total. The van der Waals surface area contributed by atoms with E-state index in [4.69, 9.17) is 14.6 Å². The van der Waals surface area contributed by atoms with Crippen LogP contribution in [0.3, 0.4) is 0 Å². The summed E-state index contributed by atoms with van der Waals surface area (Å²) < 4.78 is 10.5. The van der Waals surface area contributed by atoms with Gasteiger partial charge in [-0.25, -0.2) is 4.79 Å². The van der Waals surface area contributed by atoms with Crippen LogP contribution in [-0.4, -0.2) is 30.3 Å². The van der Waals surface area contributed by atoms with Gasteiger partial charge in [0.25, 0.3) is 0 Å². The average Bonchev–Trinajstić information content (AvgIpc) is 2.43. The number of methoxy groups -OCH3 is 2. The van der Waals surface area contributed by atoms with Gasteiger partial charge in [-0.2, -0.15) is 0 Å². The molecule has 2 aromatic rings. The van der Waals surface area contributed by atoms with Crippen LogP contribution in [0.4, 0.5) is 0 Å². The Bertz CT molecular complexity index is 649. The molecule has 19 heavy (non-hydrogen) atoms. The summed E-state index contributed by atoms with van der Waals surface area (Å²) in [5, 5.41) is 10.4. The van der Waals surface area contributed by atoms with Gasteiger partial charge in [0, 0.05) is 17.7 Å². The maximum absolute atomic E-state index is 10.6. The van der Waals surface area contributed by atoms with E-state index in [9.17, 15) is 4.79 Å². The Morgan fingerprint density at radius 3 is 2.58 bits per heavy atom. The molecular weight excluding hydrogens is 246 g/mol. The zero-order valence-corrected chi connectivity index (χ0v) is 10.6. The molecule has 0 unspecified atom stereocenters. The summed E-state index contributed by atoms with van der Waals surface area (Å²) in [6, 6.07) is 5.44. The molecule has 0 aliphatic rings. The van der Waals surface area contributed by atoms with E-state index in [1.54, 1.807) is 26.5 Å². The summed E-state index contributed by atoms with van der Waals surface area (Å²) in [4.78, 5) is 14.7. The van der Waals surface area contributed by atoms with Crippen molar-refractivity contribution in [3.63, 3.8) is 0 Å². The third-order valence-corrected chi connectivity index (χ3v) is 2.68. The number of pyridine rings is 1. The number of carboxylic acids is 1. The Morgan fingerprint density at radius 1 is 1.26 bits per heavy atom.